The third-order valence-electron chi connectivity index (χ3n) is 2.37. The van der Waals surface area contributed by atoms with Gasteiger partial charge in [-0.05, 0) is 17.5 Å². The lowest BCUT2D eigenvalue weighted by Crippen LogP contribution is -1.86. The largest absolute Gasteiger partial charge is 0.205 e. The van der Waals surface area contributed by atoms with E-state index in [9.17, 15) is 4.39 Å². The highest BCUT2D eigenvalue weighted by Gasteiger charge is 2.10. The Kier molecular flexibility index (Phi) is 2.75. The topological polar surface area (TPSA) is 0 Å². The van der Waals surface area contributed by atoms with E-state index in [1.165, 1.54) is 16.9 Å². The van der Waals surface area contributed by atoms with E-state index in [0.29, 0.717) is 11.3 Å². The number of benzene rings is 1. The molecule has 74 valence electrons. The van der Waals surface area contributed by atoms with Gasteiger partial charge in [0.05, 0.1) is 0 Å². The summed E-state index contributed by atoms with van der Waals surface area (Å²) in [5, 5.41) is 2.27. The fraction of sp³-hybridized carbons (Fsp3) is 0.273. The maximum atomic E-state index is 13.5. The van der Waals surface area contributed by atoms with E-state index in [2.05, 4.69) is 6.92 Å². The third kappa shape index (κ3) is 1.43. The molecule has 2 aromatic rings. The van der Waals surface area contributed by atoms with Crippen molar-refractivity contribution >= 4 is 33.0 Å². The van der Waals surface area contributed by atoms with Crippen LogP contribution in [0.3, 0.4) is 0 Å². The van der Waals surface area contributed by atoms with Crippen molar-refractivity contribution in [2.75, 3.05) is 0 Å². The molecule has 2 rings (SSSR count). The van der Waals surface area contributed by atoms with Crippen LogP contribution in [-0.4, -0.2) is 0 Å². The van der Waals surface area contributed by atoms with Crippen LogP contribution in [0, 0.1) is 5.82 Å². The van der Waals surface area contributed by atoms with Crippen LogP contribution < -0.4 is 0 Å². The first-order chi connectivity index (χ1) is 6.77. The first kappa shape index (κ1) is 9.94. The van der Waals surface area contributed by atoms with Gasteiger partial charge in [0.15, 0.2) is 0 Å². The minimum atomic E-state index is -0.143. The molecule has 0 saturated heterocycles. The van der Waals surface area contributed by atoms with Crippen LogP contribution in [0.25, 0.3) is 10.1 Å². The molecule has 0 amide bonds. The van der Waals surface area contributed by atoms with E-state index >= 15 is 0 Å². The van der Waals surface area contributed by atoms with Crippen LogP contribution in [0.15, 0.2) is 17.5 Å². The third-order valence-corrected chi connectivity index (χ3v) is 3.68. The Morgan fingerprint density at radius 2 is 2.07 bits per heavy atom. The number of hydrogen-bond acceptors (Lipinski definition) is 1. The second-order valence-electron chi connectivity index (χ2n) is 3.16. The first-order valence-electron chi connectivity index (χ1n) is 4.51. The molecule has 1 heterocycles. The Morgan fingerprint density at radius 3 is 2.71 bits per heavy atom. The molecule has 0 nitrogen and oxygen atoms in total. The van der Waals surface area contributed by atoms with Crippen LogP contribution in [0.1, 0.15) is 18.1 Å². The first-order valence-corrected chi connectivity index (χ1v) is 5.92. The summed E-state index contributed by atoms with van der Waals surface area (Å²) >= 11 is 7.23. The Bertz CT molecular complexity index is 462. The molecular weight excluding hydrogens is 219 g/mol. The SMILES string of the molecule is CCc1ccc(CCl)c2c(F)csc12. The van der Waals surface area contributed by atoms with Gasteiger partial charge >= 0.3 is 0 Å². The van der Waals surface area contributed by atoms with Gasteiger partial charge in [0, 0.05) is 21.3 Å². The van der Waals surface area contributed by atoms with Crippen LogP contribution in [0.5, 0.6) is 0 Å². The molecule has 0 atom stereocenters. The number of fused-ring (bicyclic) bond motifs is 1. The summed E-state index contributed by atoms with van der Waals surface area (Å²) in [5.41, 5.74) is 2.08. The van der Waals surface area contributed by atoms with E-state index in [0.717, 1.165) is 16.7 Å². The van der Waals surface area contributed by atoms with Crippen molar-refractivity contribution in [1.29, 1.82) is 0 Å². The standard InChI is InChI=1S/C11H10ClFS/c1-2-7-3-4-8(5-12)10-9(13)6-14-11(7)10/h3-4,6H,2,5H2,1H3. The zero-order valence-electron chi connectivity index (χ0n) is 7.81. The van der Waals surface area contributed by atoms with Crippen LogP contribution in [0.4, 0.5) is 4.39 Å². The highest BCUT2D eigenvalue weighted by atomic mass is 35.5. The van der Waals surface area contributed by atoms with E-state index in [1.807, 2.05) is 12.1 Å². The number of halogens is 2. The van der Waals surface area contributed by atoms with E-state index in [1.54, 1.807) is 5.38 Å². The zero-order chi connectivity index (χ0) is 10.1. The highest BCUT2D eigenvalue weighted by Crippen LogP contribution is 2.32. The fourth-order valence-corrected chi connectivity index (χ4v) is 2.89. The number of rotatable bonds is 2. The molecule has 14 heavy (non-hydrogen) atoms. The van der Waals surface area contributed by atoms with Gasteiger partial charge in [0.1, 0.15) is 5.82 Å². The molecule has 0 bridgehead atoms. The molecule has 0 saturated carbocycles. The monoisotopic (exact) mass is 228 g/mol. The molecule has 0 aliphatic carbocycles. The Morgan fingerprint density at radius 1 is 1.36 bits per heavy atom. The van der Waals surface area contributed by atoms with Gasteiger partial charge in [0.2, 0.25) is 0 Å². The van der Waals surface area contributed by atoms with Crippen molar-refractivity contribution in [2.45, 2.75) is 19.2 Å². The smallest absolute Gasteiger partial charge is 0.142 e. The maximum Gasteiger partial charge on any atom is 0.142 e. The molecule has 0 radical (unpaired) electrons. The highest BCUT2D eigenvalue weighted by molar-refractivity contribution is 7.17. The van der Waals surface area contributed by atoms with Gasteiger partial charge in [-0.3, -0.25) is 0 Å². The van der Waals surface area contributed by atoms with Crippen molar-refractivity contribution < 1.29 is 4.39 Å². The van der Waals surface area contributed by atoms with Gasteiger partial charge in [-0.1, -0.05) is 19.1 Å². The summed E-state index contributed by atoms with van der Waals surface area (Å²) in [6, 6.07) is 3.96. The molecular formula is C11H10ClFS. The molecule has 3 heteroatoms. The van der Waals surface area contributed by atoms with Crippen molar-refractivity contribution in [3.63, 3.8) is 0 Å². The lowest BCUT2D eigenvalue weighted by molar-refractivity contribution is 0.643. The molecule has 0 aliphatic heterocycles. The lowest BCUT2D eigenvalue weighted by atomic mass is 10.1. The quantitative estimate of drug-likeness (QED) is 0.671. The minimum absolute atomic E-state index is 0.143. The fourth-order valence-electron chi connectivity index (χ4n) is 1.62. The Hall–Kier alpha value is -0.600. The number of alkyl halides is 1. The van der Waals surface area contributed by atoms with Crippen molar-refractivity contribution in [3.8, 4) is 0 Å². The maximum absolute atomic E-state index is 13.5. The van der Waals surface area contributed by atoms with Crippen LogP contribution in [0.2, 0.25) is 0 Å². The van der Waals surface area contributed by atoms with Crippen molar-refractivity contribution in [2.24, 2.45) is 0 Å². The van der Waals surface area contributed by atoms with Crippen LogP contribution >= 0.6 is 22.9 Å². The zero-order valence-corrected chi connectivity index (χ0v) is 9.38. The summed E-state index contributed by atoms with van der Waals surface area (Å²) in [5.74, 6) is 0.227. The van der Waals surface area contributed by atoms with Crippen molar-refractivity contribution in [1.82, 2.24) is 0 Å². The average molecular weight is 229 g/mol. The van der Waals surface area contributed by atoms with E-state index in [4.69, 9.17) is 11.6 Å². The normalized spacial score (nSPS) is 11.1. The van der Waals surface area contributed by atoms with Gasteiger partial charge in [-0.25, -0.2) is 4.39 Å². The molecule has 0 unspecified atom stereocenters. The second kappa shape index (κ2) is 3.87. The molecule has 0 aliphatic rings. The Balaban J connectivity index is 2.81. The van der Waals surface area contributed by atoms with Crippen LogP contribution in [-0.2, 0) is 12.3 Å². The molecule has 0 fully saturated rings. The van der Waals surface area contributed by atoms with Gasteiger partial charge in [-0.2, -0.15) is 0 Å². The predicted molar refractivity (Wildman–Crippen MR) is 60.7 cm³/mol. The summed E-state index contributed by atoms with van der Waals surface area (Å²) in [7, 11) is 0. The van der Waals surface area contributed by atoms with Gasteiger partial charge in [-0.15, -0.1) is 22.9 Å². The van der Waals surface area contributed by atoms with Crippen molar-refractivity contribution in [3.05, 3.63) is 34.5 Å². The number of aryl methyl sites for hydroxylation is 1. The second-order valence-corrected chi connectivity index (χ2v) is 4.31. The summed E-state index contributed by atoms with van der Waals surface area (Å²) in [6.45, 7) is 2.08. The van der Waals surface area contributed by atoms with Gasteiger partial charge in [0.25, 0.3) is 0 Å². The molecule has 1 aromatic heterocycles. The molecule has 1 aromatic carbocycles. The summed E-state index contributed by atoms with van der Waals surface area (Å²) in [6.07, 6.45) is 0.930. The van der Waals surface area contributed by atoms with Gasteiger partial charge < -0.3 is 0 Å². The predicted octanol–water partition coefficient (Wildman–Crippen LogP) is 4.34. The number of thiophene rings is 1. The summed E-state index contributed by atoms with van der Waals surface area (Å²) in [4.78, 5) is 0. The average Bonchev–Trinajstić information content (AvgIpc) is 2.60. The lowest BCUT2D eigenvalue weighted by Gasteiger charge is -2.03. The van der Waals surface area contributed by atoms with E-state index < -0.39 is 0 Å². The summed E-state index contributed by atoms with van der Waals surface area (Å²) < 4.78 is 14.5. The van der Waals surface area contributed by atoms with E-state index in [-0.39, 0.29) is 5.82 Å². The number of hydrogen-bond donors (Lipinski definition) is 0. The Labute approximate surface area is 91.3 Å². The molecule has 0 N–H and O–H groups in total. The molecule has 0 spiro atoms. The minimum Gasteiger partial charge on any atom is -0.205 e.